The molecule has 1 aromatic rings. The number of hydrogen-bond donors (Lipinski definition) is 1. The van der Waals surface area contributed by atoms with E-state index in [-0.39, 0.29) is 23.2 Å². The van der Waals surface area contributed by atoms with E-state index in [0.717, 1.165) is 12.1 Å². The molecule has 0 unspecified atom stereocenters. The normalized spacial score (nSPS) is 8.94. The highest BCUT2D eigenvalue weighted by Gasteiger charge is 2.14. The summed E-state index contributed by atoms with van der Waals surface area (Å²) in [4.78, 5) is 30.7. The molecule has 86 valence electrons. The molecule has 17 heavy (non-hydrogen) atoms. The second-order valence-corrected chi connectivity index (χ2v) is 2.96. The summed E-state index contributed by atoms with van der Waals surface area (Å²) in [6, 6.07) is 3.35. The first-order chi connectivity index (χ1) is 8.06. The minimum Gasteiger partial charge on any atom is -0.478 e. The van der Waals surface area contributed by atoms with Crippen molar-refractivity contribution in [3.63, 3.8) is 0 Å². The summed E-state index contributed by atoms with van der Waals surface area (Å²) in [5, 5.41) is 19.3. The number of carboxylic acids is 1. The number of carboxylic acid groups (broad SMARTS) is 1. The quantitative estimate of drug-likeness (QED) is 0.366. The third kappa shape index (κ3) is 3.14. The van der Waals surface area contributed by atoms with Crippen molar-refractivity contribution in [1.82, 2.24) is 0 Å². The highest BCUT2D eigenvalue weighted by Crippen LogP contribution is 2.17. The molecule has 0 radical (unpaired) electrons. The predicted molar refractivity (Wildman–Crippen MR) is 57.6 cm³/mol. The standard InChI is InChI=1S/C11H7NO5/c13-6-2-1-3-8-4-5-9(12(16)17)7-10(8)11(14)15/h4-7H,2H2,(H,14,15). The van der Waals surface area contributed by atoms with Crippen LogP contribution in [0.5, 0.6) is 0 Å². The van der Waals surface area contributed by atoms with E-state index in [1.165, 1.54) is 6.07 Å². The molecule has 0 saturated heterocycles. The van der Waals surface area contributed by atoms with Crippen molar-refractivity contribution in [2.24, 2.45) is 0 Å². The van der Waals surface area contributed by atoms with Gasteiger partial charge in [-0.1, -0.05) is 11.8 Å². The van der Waals surface area contributed by atoms with Crippen LogP contribution in [-0.2, 0) is 4.79 Å². The van der Waals surface area contributed by atoms with Gasteiger partial charge >= 0.3 is 5.97 Å². The predicted octanol–water partition coefficient (Wildman–Crippen LogP) is 1.23. The topological polar surface area (TPSA) is 97.5 Å². The molecule has 0 aliphatic heterocycles. The summed E-state index contributed by atoms with van der Waals surface area (Å²) in [5.41, 5.74) is -0.425. The monoisotopic (exact) mass is 233 g/mol. The zero-order chi connectivity index (χ0) is 12.8. The Labute approximate surface area is 96.0 Å². The molecule has 0 saturated carbocycles. The van der Waals surface area contributed by atoms with Crippen LogP contribution in [0.4, 0.5) is 5.69 Å². The van der Waals surface area contributed by atoms with Gasteiger partial charge in [0.25, 0.3) is 5.69 Å². The van der Waals surface area contributed by atoms with Gasteiger partial charge in [-0.15, -0.1) is 0 Å². The third-order valence-corrected chi connectivity index (χ3v) is 1.85. The van der Waals surface area contributed by atoms with Gasteiger partial charge in [0.05, 0.1) is 16.9 Å². The molecule has 1 rings (SSSR count). The number of non-ortho nitro benzene ring substituents is 1. The number of rotatable bonds is 3. The Bertz CT molecular complexity index is 539. The van der Waals surface area contributed by atoms with Gasteiger partial charge < -0.3 is 9.90 Å². The fourth-order valence-corrected chi connectivity index (χ4v) is 1.12. The first-order valence-electron chi connectivity index (χ1n) is 4.50. The number of carbonyl (C=O) groups is 2. The number of aldehydes is 1. The van der Waals surface area contributed by atoms with Crippen molar-refractivity contribution in [1.29, 1.82) is 0 Å². The fourth-order valence-electron chi connectivity index (χ4n) is 1.12. The molecule has 0 amide bonds. The van der Waals surface area contributed by atoms with Crippen LogP contribution >= 0.6 is 0 Å². The number of aromatic carboxylic acids is 1. The summed E-state index contributed by atoms with van der Waals surface area (Å²) in [7, 11) is 0. The molecule has 0 aliphatic carbocycles. The van der Waals surface area contributed by atoms with Crippen molar-refractivity contribution in [3.05, 3.63) is 39.4 Å². The Morgan fingerprint density at radius 2 is 2.24 bits per heavy atom. The van der Waals surface area contributed by atoms with E-state index in [1.54, 1.807) is 0 Å². The first-order valence-corrected chi connectivity index (χ1v) is 4.50. The van der Waals surface area contributed by atoms with E-state index in [4.69, 9.17) is 5.11 Å². The van der Waals surface area contributed by atoms with E-state index in [2.05, 4.69) is 11.8 Å². The molecule has 0 bridgehead atoms. The number of nitrogens with zero attached hydrogens (tertiary/aromatic N) is 1. The number of nitro groups is 1. The molecule has 6 heteroatoms. The van der Waals surface area contributed by atoms with Crippen LogP contribution in [0.1, 0.15) is 22.3 Å². The lowest BCUT2D eigenvalue weighted by Crippen LogP contribution is -2.01. The summed E-state index contributed by atoms with van der Waals surface area (Å²) >= 11 is 0. The molecule has 1 aromatic carbocycles. The van der Waals surface area contributed by atoms with Crippen molar-refractivity contribution in [2.75, 3.05) is 0 Å². The summed E-state index contributed by atoms with van der Waals surface area (Å²) in [6.07, 6.45) is 0.564. The molecule has 0 spiro atoms. The largest absolute Gasteiger partial charge is 0.478 e. The lowest BCUT2D eigenvalue weighted by molar-refractivity contribution is -0.384. The van der Waals surface area contributed by atoms with Crippen molar-refractivity contribution < 1.29 is 19.6 Å². The van der Waals surface area contributed by atoms with Crippen LogP contribution < -0.4 is 0 Å². The lowest BCUT2D eigenvalue weighted by atomic mass is 10.1. The molecule has 1 N–H and O–H groups in total. The average Bonchev–Trinajstić information content (AvgIpc) is 2.29. The van der Waals surface area contributed by atoms with Crippen LogP contribution in [0.3, 0.4) is 0 Å². The van der Waals surface area contributed by atoms with Gasteiger partial charge in [0.15, 0.2) is 0 Å². The third-order valence-electron chi connectivity index (χ3n) is 1.85. The maximum atomic E-state index is 10.9. The smallest absolute Gasteiger partial charge is 0.337 e. The number of nitro benzene ring substituents is 1. The molecule has 0 aromatic heterocycles. The van der Waals surface area contributed by atoms with Gasteiger partial charge in [-0.2, -0.15) is 0 Å². The summed E-state index contributed by atoms with van der Waals surface area (Å²) < 4.78 is 0. The van der Waals surface area contributed by atoms with E-state index in [9.17, 15) is 19.7 Å². The van der Waals surface area contributed by atoms with Gasteiger partial charge in [-0.05, 0) is 6.07 Å². The van der Waals surface area contributed by atoms with Crippen molar-refractivity contribution >= 4 is 17.9 Å². The molecular formula is C11H7NO5. The lowest BCUT2D eigenvalue weighted by Gasteiger charge is -1.98. The SMILES string of the molecule is O=CCC#Cc1ccc([N+](=O)[O-])cc1C(=O)O. The van der Waals surface area contributed by atoms with Gasteiger partial charge in [0, 0.05) is 17.7 Å². The van der Waals surface area contributed by atoms with Crippen LogP contribution in [-0.4, -0.2) is 22.3 Å². The fraction of sp³-hybridized carbons (Fsp3) is 0.0909. The van der Waals surface area contributed by atoms with Crippen LogP contribution in [0.25, 0.3) is 0 Å². The molecule has 6 nitrogen and oxygen atoms in total. The van der Waals surface area contributed by atoms with Crippen molar-refractivity contribution in [2.45, 2.75) is 6.42 Å². The highest BCUT2D eigenvalue weighted by atomic mass is 16.6. The number of benzene rings is 1. The second kappa shape index (κ2) is 5.42. The number of carbonyl (C=O) groups excluding carboxylic acids is 1. The van der Waals surface area contributed by atoms with E-state index < -0.39 is 10.9 Å². The Hall–Kier alpha value is -2.68. The Balaban J connectivity index is 3.23. The molecular weight excluding hydrogens is 226 g/mol. The maximum Gasteiger partial charge on any atom is 0.337 e. The average molecular weight is 233 g/mol. The molecule has 0 heterocycles. The number of hydrogen-bond acceptors (Lipinski definition) is 4. The molecule has 0 atom stereocenters. The van der Waals surface area contributed by atoms with Crippen molar-refractivity contribution in [3.8, 4) is 11.8 Å². The summed E-state index contributed by atoms with van der Waals surface area (Å²) in [5.74, 6) is 3.62. The maximum absolute atomic E-state index is 10.9. The van der Waals surface area contributed by atoms with E-state index in [0.29, 0.717) is 6.29 Å². The first kappa shape index (κ1) is 12.4. The van der Waals surface area contributed by atoms with Gasteiger partial charge in [0.1, 0.15) is 6.29 Å². The Morgan fingerprint density at radius 1 is 1.53 bits per heavy atom. The Kier molecular flexibility index (Phi) is 3.95. The van der Waals surface area contributed by atoms with E-state index in [1.807, 2.05) is 0 Å². The molecule has 0 fully saturated rings. The van der Waals surface area contributed by atoms with Gasteiger partial charge in [0.2, 0.25) is 0 Å². The van der Waals surface area contributed by atoms with Crippen LogP contribution in [0.15, 0.2) is 18.2 Å². The minimum absolute atomic E-state index is 0.0178. The summed E-state index contributed by atoms with van der Waals surface area (Å²) in [6.45, 7) is 0. The van der Waals surface area contributed by atoms with E-state index >= 15 is 0 Å². The molecule has 0 aliphatic rings. The Morgan fingerprint density at radius 3 is 2.76 bits per heavy atom. The zero-order valence-corrected chi connectivity index (χ0v) is 8.54. The van der Waals surface area contributed by atoms with Gasteiger partial charge in [-0.3, -0.25) is 10.1 Å². The minimum atomic E-state index is -1.30. The van der Waals surface area contributed by atoms with Crippen LogP contribution in [0.2, 0.25) is 0 Å². The highest BCUT2D eigenvalue weighted by molar-refractivity contribution is 5.91. The zero-order valence-electron chi connectivity index (χ0n) is 8.54. The second-order valence-electron chi connectivity index (χ2n) is 2.96. The van der Waals surface area contributed by atoms with Gasteiger partial charge in [-0.25, -0.2) is 4.79 Å². The van der Waals surface area contributed by atoms with Crippen LogP contribution in [0, 0.1) is 22.0 Å².